The summed E-state index contributed by atoms with van der Waals surface area (Å²) in [6.45, 7) is 8.44. The minimum Gasteiger partial charge on any atom is -0.489 e. The second kappa shape index (κ2) is 4.40. The van der Waals surface area contributed by atoms with Crippen molar-refractivity contribution in [3.63, 3.8) is 0 Å². The molecule has 0 heterocycles. The van der Waals surface area contributed by atoms with E-state index in [2.05, 4.69) is 27.7 Å². The quantitative estimate of drug-likeness (QED) is 0.902. The van der Waals surface area contributed by atoms with E-state index in [4.69, 9.17) is 27.3 Å². The SMILES string of the molecule is CC1(C)C(N)C(C)(C)C1Oc1ccc(C#N)c(Cl)c1. The number of rotatable bonds is 2. The molecule has 2 rings (SSSR count). The molecule has 0 bridgehead atoms. The number of halogens is 1. The molecule has 1 fully saturated rings. The summed E-state index contributed by atoms with van der Waals surface area (Å²) in [5.74, 6) is 0.682. The summed E-state index contributed by atoms with van der Waals surface area (Å²) in [6, 6.07) is 7.28. The van der Waals surface area contributed by atoms with Gasteiger partial charge in [-0.15, -0.1) is 0 Å². The van der Waals surface area contributed by atoms with Gasteiger partial charge in [0.15, 0.2) is 0 Å². The van der Waals surface area contributed by atoms with Crippen molar-refractivity contribution in [2.24, 2.45) is 16.6 Å². The molecule has 19 heavy (non-hydrogen) atoms. The van der Waals surface area contributed by atoms with Gasteiger partial charge in [-0.25, -0.2) is 0 Å². The van der Waals surface area contributed by atoms with Gasteiger partial charge in [0.25, 0.3) is 0 Å². The van der Waals surface area contributed by atoms with Gasteiger partial charge in [0, 0.05) is 22.9 Å². The summed E-state index contributed by atoms with van der Waals surface area (Å²) < 4.78 is 6.06. The maximum atomic E-state index is 8.86. The lowest BCUT2D eigenvalue weighted by Crippen LogP contribution is -2.72. The van der Waals surface area contributed by atoms with E-state index in [0.717, 1.165) is 0 Å². The maximum absolute atomic E-state index is 8.86. The highest BCUT2D eigenvalue weighted by molar-refractivity contribution is 6.31. The lowest BCUT2D eigenvalue weighted by molar-refractivity contribution is -0.155. The molecule has 2 N–H and O–H groups in total. The fourth-order valence-electron chi connectivity index (χ4n) is 3.25. The predicted molar refractivity (Wildman–Crippen MR) is 76.1 cm³/mol. The monoisotopic (exact) mass is 278 g/mol. The van der Waals surface area contributed by atoms with Gasteiger partial charge in [-0.1, -0.05) is 39.3 Å². The van der Waals surface area contributed by atoms with Crippen LogP contribution in [-0.4, -0.2) is 12.1 Å². The lowest BCUT2D eigenvalue weighted by atomic mass is 9.50. The van der Waals surface area contributed by atoms with Crippen molar-refractivity contribution in [1.82, 2.24) is 0 Å². The Balaban J connectivity index is 2.23. The summed E-state index contributed by atoms with van der Waals surface area (Å²) in [4.78, 5) is 0. The average molecular weight is 279 g/mol. The topological polar surface area (TPSA) is 59.0 Å². The molecule has 1 aromatic rings. The van der Waals surface area contributed by atoms with Crippen LogP contribution in [0.4, 0.5) is 0 Å². The summed E-state index contributed by atoms with van der Waals surface area (Å²) in [5.41, 5.74) is 6.50. The Hall–Kier alpha value is -1.24. The van der Waals surface area contributed by atoms with Crippen LogP contribution in [0.25, 0.3) is 0 Å². The van der Waals surface area contributed by atoms with Crippen molar-refractivity contribution >= 4 is 11.6 Å². The van der Waals surface area contributed by atoms with Gasteiger partial charge in [-0.3, -0.25) is 0 Å². The lowest BCUT2D eigenvalue weighted by Gasteiger charge is -2.61. The molecule has 1 aliphatic carbocycles. The molecule has 102 valence electrons. The standard InChI is InChI=1S/C15H19ClN2O/c1-14(2)12(18)15(3,4)13(14)19-10-6-5-9(8-17)11(16)7-10/h5-7,12-13H,18H2,1-4H3. The van der Waals surface area contributed by atoms with Crippen LogP contribution in [-0.2, 0) is 0 Å². The van der Waals surface area contributed by atoms with Gasteiger partial charge >= 0.3 is 0 Å². The molecule has 0 saturated heterocycles. The smallest absolute Gasteiger partial charge is 0.121 e. The zero-order valence-electron chi connectivity index (χ0n) is 11.7. The highest BCUT2D eigenvalue weighted by atomic mass is 35.5. The van der Waals surface area contributed by atoms with Crippen LogP contribution in [0, 0.1) is 22.2 Å². The fraction of sp³-hybridized carbons (Fsp3) is 0.533. The fourth-order valence-corrected chi connectivity index (χ4v) is 3.46. The molecule has 1 aromatic carbocycles. The average Bonchev–Trinajstić information content (AvgIpc) is 2.34. The van der Waals surface area contributed by atoms with Gasteiger partial charge in [0.05, 0.1) is 10.6 Å². The molecule has 0 amide bonds. The molecule has 0 aromatic heterocycles. The van der Waals surface area contributed by atoms with Gasteiger partial charge in [-0.05, 0) is 12.1 Å². The van der Waals surface area contributed by atoms with Crippen molar-refractivity contribution in [3.8, 4) is 11.8 Å². The Morgan fingerprint density at radius 1 is 1.26 bits per heavy atom. The maximum Gasteiger partial charge on any atom is 0.121 e. The predicted octanol–water partition coefficient (Wildman–Crippen LogP) is 3.35. The normalized spacial score (nSPS) is 27.2. The molecule has 1 aliphatic rings. The van der Waals surface area contributed by atoms with E-state index in [1.165, 1.54) is 0 Å². The molecule has 4 heteroatoms. The summed E-state index contributed by atoms with van der Waals surface area (Å²) in [6.07, 6.45) is 0.0269. The molecule has 0 unspecified atom stereocenters. The highest BCUT2D eigenvalue weighted by Gasteiger charge is 2.61. The number of benzene rings is 1. The number of hydrogen-bond donors (Lipinski definition) is 1. The molecule has 3 nitrogen and oxygen atoms in total. The van der Waals surface area contributed by atoms with Gasteiger partial charge in [0.1, 0.15) is 17.9 Å². The van der Waals surface area contributed by atoms with E-state index in [1.54, 1.807) is 18.2 Å². The third-order valence-electron chi connectivity index (χ3n) is 4.27. The van der Waals surface area contributed by atoms with E-state index in [-0.39, 0.29) is 23.0 Å². The summed E-state index contributed by atoms with van der Waals surface area (Å²) in [5, 5.41) is 9.27. The molecule has 0 radical (unpaired) electrons. The Bertz CT molecular complexity index is 530. The van der Waals surface area contributed by atoms with Gasteiger partial charge in [0.2, 0.25) is 0 Å². The van der Waals surface area contributed by atoms with Gasteiger partial charge < -0.3 is 10.5 Å². The van der Waals surface area contributed by atoms with Crippen LogP contribution in [0.15, 0.2) is 18.2 Å². The highest BCUT2D eigenvalue weighted by Crippen LogP contribution is 2.54. The third-order valence-corrected chi connectivity index (χ3v) is 4.58. The number of hydrogen-bond acceptors (Lipinski definition) is 3. The van der Waals surface area contributed by atoms with Crippen molar-refractivity contribution in [1.29, 1.82) is 5.26 Å². The zero-order valence-corrected chi connectivity index (χ0v) is 12.5. The third kappa shape index (κ3) is 2.09. The zero-order chi connectivity index (χ0) is 14.4. The first kappa shape index (κ1) is 14.2. The first-order valence-corrected chi connectivity index (χ1v) is 6.71. The van der Waals surface area contributed by atoms with Crippen molar-refractivity contribution in [2.75, 3.05) is 0 Å². The second-order valence-electron chi connectivity index (χ2n) is 6.37. The first-order valence-electron chi connectivity index (χ1n) is 6.33. The second-order valence-corrected chi connectivity index (χ2v) is 6.78. The number of nitriles is 1. The largest absolute Gasteiger partial charge is 0.489 e. The van der Waals surface area contributed by atoms with Crippen LogP contribution in [0.5, 0.6) is 5.75 Å². The molecular weight excluding hydrogens is 260 g/mol. The van der Waals surface area contributed by atoms with Crippen LogP contribution in [0.1, 0.15) is 33.3 Å². The number of nitrogens with two attached hydrogens (primary N) is 1. The minimum absolute atomic E-state index is 0.0269. The Kier molecular flexibility index (Phi) is 3.28. The molecule has 0 atom stereocenters. The van der Waals surface area contributed by atoms with Crippen LogP contribution in [0.2, 0.25) is 5.02 Å². The number of nitrogens with zero attached hydrogens (tertiary/aromatic N) is 1. The Labute approximate surface area is 119 Å². The van der Waals surface area contributed by atoms with E-state index in [1.807, 2.05) is 6.07 Å². The van der Waals surface area contributed by atoms with Crippen molar-refractivity contribution in [2.45, 2.75) is 39.8 Å². The van der Waals surface area contributed by atoms with E-state index in [9.17, 15) is 0 Å². The summed E-state index contributed by atoms with van der Waals surface area (Å²) in [7, 11) is 0. The number of ether oxygens (including phenoxy) is 1. The van der Waals surface area contributed by atoms with Crippen molar-refractivity contribution in [3.05, 3.63) is 28.8 Å². The molecule has 0 aliphatic heterocycles. The van der Waals surface area contributed by atoms with E-state index >= 15 is 0 Å². The Morgan fingerprint density at radius 2 is 1.84 bits per heavy atom. The first-order chi connectivity index (χ1) is 8.71. The van der Waals surface area contributed by atoms with Crippen LogP contribution >= 0.6 is 11.6 Å². The van der Waals surface area contributed by atoms with Crippen molar-refractivity contribution < 1.29 is 4.74 Å². The van der Waals surface area contributed by atoms with E-state index in [0.29, 0.717) is 16.3 Å². The minimum atomic E-state index is -0.0795. The molecule has 0 spiro atoms. The Morgan fingerprint density at radius 3 is 2.32 bits per heavy atom. The van der Waals surface area contributed by atoms with Crippen LogP contribution in [0.3, 0.4) is 0 Å². The van der Waals surface area contributed by atoms with Crippen LogP contribution < -0.4 is 10.5 Å². The van der Waals surface area contributed by atoms with E-state index < -0.39 is 0 Å². The summed E-state index contributed by atoms with van der Waals surface area (Å²) >= 11 is 6.02. The van der Waals surface area contributed by atoms with Gasteiger partial charge in [-0.2, -0.15) is 5.26 Å². The molecule has 1 saturated carbocycles. The molecular formula is C15H19ClN2O.